The second-order valence-electron chi connectivity index (χ2n) is 5.40. The lowest BCUT2D eigenvalue weighted by molar-refractivity contribution is -0.135. The quantitative estimate of drug-likeness (QED) is 0.892. The monoisotopic (exact) mass is 266 g/mol. The minimum atomic E-state index is -0.609. The third kappa shape index (κ3) is 2.38. The molecule has 1 saturated heterocycles. The minimum Gasteiger partial charge on any atom is -0.340 e. The van der Waals surface area contributed by atoms with Crippen LogP contribution in [-0.4, -0.2) is 29.9 Å². The molecule has 1 unspecified atom stereocenters. The molecule has 0 bridgehead atoms. The molecule has 0 saturated carbocycles. The van der Waals surface area contributed by atoms with E-state index in [1.807, 2.05) is 43.0 Å². The molecule has 98 valence electrons. The summed E-state index contributed by atoms with van der Waals surface area (Å²) in [5.41, 5.74) is 6.12. The highest BCUT2D eigenvalue weighted by atomic mass is 35.5. The van der Waals surface area contributed by atoms with E-state index in [0.29, 0.717) is 11.6 Å². The van der Waals surface area contributed by atoms with Gasteiger partial charge in [-0.3, -0.25) is 4.79 Å². The second-order valence-corrected chi connectivity index (χ2v) is 5.81. The Balaban J connectivity index is 2.26. The molecule has 0 aliphatic carbocycles. The Labute approximate surface area is 113 Å². The number of carbonyl (C=O) groups excluding carboxylic acids is 1. The van der Waals surface area contributed by atoms with Crippen LogP contribution >= 0.6 is 11.6 Å². The highest BCUT2D eigenvalue weighted by Crippen LogP contribution is 2.32. The summed E-state index contributed by atoms with van der Waals surface area (Å²) in [6, 6.07) is 7.62. The second kappa shape index (κ2) is 4.90. The summed E-state index contributed by atoms with van der Waals surface area (Å²) >= 11 is 6.19. The SMILES string of the molecule is CC(C)(C(=O)N1CCC(N)C1)c1ccccc1Cl. The van der Waals surface area contributed by atoms with Crippen molar-refractivity contribution in [2.45, 2.75) is 31.7 Å². The van der Waals surface area contributed by atoms with Gasteiger partial charge < -0.3 is 10.6 Å². The van der Waals surface area contributed by atoms with Crippen LogP contribution in [0.1, 0.15) is 25.8 Å². The Hall–Kier alpha value is -1.06. The molecule has 1 heterocycles. The summed E-state index contributed by atoms with van der Waals surface area (Å²) in [4.78, 5) is 14.4. The highest BCUT2D eigenvalue weighted by Gasteiger charge is 2.37. The largest absolute Gasteiger partial charge is 0.340 e. The van der Waals surface area contributed by atoms with E-state index in [4.69, 9.17) is 17.3 Å². The van der Waals surface area contributed by atoms with Crippen molar-refractivity contribution in [3.8, 4) is 0 Å². The predicted molar refractivity (Wildman–Crippen MR) is 73.7 cm³/mol. The van der Waals surface area contributed by atoms with E-state index in [1.54, 1.807) is 0 Å². The summed E-state index contributed by atoms with van der Waals surface area (Å²) in [7, 11) is 0. The molecule has 1 atom stereocenters. The Morgan fingerprint density at radius 2 is 2.11 bits per heavy atom. The smallest absolute Gasteiger partial charge is 0.232 e. The van der Waals surface area contributed by atoms with E-state index in [1.165, 1.54) is 0 Å². The number of amides is 1. The van der Waals surface area contributed by atoms with Crippen molar-refractivity contribution in [2.24, 2.45) is 5.73 Å². The first-order valence-electron chi connectivity index (χ1n) is 6.23. The summed E-state index contributed by atoms with van der Waals surface area (Å²) in [6.45, 7) is 5.22. The fourth-order valence-corrected chi connectivity index (χ4v) is 2.82. The van der Waals surface area contributed by atoms with Gasteiger partial charge in [0, 0.05) is 24.2 Å². The zero-order valence-electron chi connectivity index (χ0n) is 10.8. The summed E-state index contributed by atoms with van der Waals surface area (Å²) in [5.74, 6) is 0.101. The van der Waals surface area contributed by atoms with Crippen molar-refractivity contribution in [1.82, 2.24) is 4.90 Å². The maximum absolute atomic E-state index is 12.6. The third-order valence-corrected chi connectivity index (χ3v) is 3.92. The Bertz CT molecular complexity index is 459. The molecule has 0 spiro atoms. The van der Waals surface area contributed by atoms with Crippen molar-refractivity contribution in [3.05, 3.63) is 34.9 Å². The van der Waals surface area contributed by atoms with Crippen molar-refractivity contribution >= 4 is 17.5 Å². The molecule has 1 aliphatic heterocycles. The van der Waals surface area contributed by atoms with Crippen molar-refractivity contribution < 1.29 is 4.79 Å². The normalized spacial score (nSPS) is 20.2. The van der Waals surface area contributed by atoms with Gasteiger partial charge in [0.1, 0.15) is 0 Å². The van der Waals surface area contributed by atoms with Crippen LogP contribution < -0.4 is 5.73 Å². The molecule has 2 rings (SSSR count). The molecule has 4 heteroatoms. The number of hydrogen-bond donors (Lipinski definition) is 1. The lowest BCUT2D eigenvalue weighted by atomic mass is 9.83. The number of nitrogens with zero attached hydrogens (tertiary/aromatic N) is 1. The van der Waals surface area contributed by atoms with Gasteiger partial charge in [0.25, 0.3) is 0 Å². The zero-order chi connectivity index (χ0) is 13.3. The zero-order valence-corrected chi connectivity index (χ0v) is 11.6. The molecular weight excluding hydrogens is 248 g/mol. The fraction of sp³-hybridized carbons (Fsp3) is 0.500. The lowest BCUT2D eigenvalue weighted by Crippen LogP contribution is -2.43. The van der Waals surface area contributed by atoms with Gasteiger partial charge in [-0.15, -0.1) is 0 Å². The van der Waals surface area contributed by atoms with Crippen molar-refractivity contribution in [3.63, 3.8) is 0 Å². The van der Waals surface area contributed by atoms with Gasteiger partial charge in [-0.2, -0.15) is 0 Å². The molecule has 1 aromatic rings. The van der Waals surface area contributed by atoms with E-state index in [-0.39, 0.29) is 11.9 Å². The molecule has 1 amide bonds. The highest BCUT2D eigenvalue weighted by molar-refractivity contribution is 6.31. The molecule has 1 fully saturated rings. The average molecular weight is 267 g/mol. The van der Waals surface area contributed by atoms with E-state index in [9.17, 15) is 4.79 Å². The number of nitrogens with two attached hydrogens (primary N) is 1. The molecule has 0 aromatic heterocycles. The van der Waals surface area contributed by atoms with Crippen molar-refractivity contribution in [2.75, 3.05) is 13.1 Å². The van der Waals surface area contributed by atoms with E-state index in [2.05, 4.69) is 0 Å². The maximum Gasteiger partial charge on any atom is 0.232 e. The van der Waals surface area contributed by atoms with Crippen LogP contribution in [0.2, 0.25) is 5.02 Å². The number of rotatable bonds is 2. The van der Waals surface area contributed by atoms with Crippen LogP contribution in [0, 0.1) is 0 Å². The fourth-order valence-electron chi connectivity index (χ4n) is 2.45. The standard InChI is InChI=1S/C14H19ClN2O/c1-14(2,11-5-3-4-6-12(11)15)13(18)17-8-7-10(16)9-17/h3-6,10H,7-9,16H2,1-2H3. The minimum absolute atomic E-state index is 0.101. The number of likely N-dealkylation sites (tertiary alicyclic amines) is 1. The summed E-state index contributed by atoms with van der Waals surface area (Å²) in [5, 5.41) is 0.638. The number of hydrogen-bond acceptors (Lipinski definition) is 2. The van der Waals surface area contributed by atoms with Gasteiger partial charge in [0.2, 0.25) is 5.91 Å². The average Bonchev–Trinajstić information content (AvgIpc) is 2.75. The van der Waals surface area contributed by atoms with Crippen LogP contribution in [0.4, 0.5) is 0 Å². The number of benzene rings is 1. The van der Waals surface area contributed by atoms with Gasteiger partial charge in [-0.05, 0) is 31.9 Å². The number of carbonyl (C=O) groups is 1. The first-order valence-corrected chi connectivity index (χ1v) is 6.60. The molecule has 0 radical (unpaired) electrons. The predicted octanol–water partition coefficient (Wildman–Crippen LogP) is 2.18. The third-order valence-electron chi connectivity index (χ3n) is 3.59. The molecular formula is C14H19ClN2O. The van der Waals surface area contributed by atoms with E-state index in [0.717, 1.165) is 18.5 Å². The van der Waals surface area contributed by atoms with Crippen LogP contribution in [-0.2, 0) is 10.2 Å². The topological polar surface area (TPSA) is 46.3 Å². The Kier molecular flexibility index (Phi) is 3.64. The summed E-state index contributed by atoms with van der Waals surface area (Å²) in [6.07, 6.45) is 0.879. The van der Waals surface area contributed by atoms with Gasteiger partial charge in [0.05, 0.1) is 5.41 Å². The van der Waals surface area contributed by atoms with Crippen LogP contribution in [0.25, 0.3) is 0 Å². The van der Waals surface area contributed by atoms with Gasteiger partial charge in [0.15, 0.2) is 0 Å². The van der Waals surface area contributed by atoms with Gasteiger partial charge >= 0.3 is 0 Å². The number of halogens is 1. The van der Waals surface area contributed by atoms with Crippen LogP contribution in [0.15, 0.2) is 24.3 Å². The molecule has 3 nitrogen and oxygen atoms in total. The Morgan fingerprint density at radius 1 is 1.44 bits per heavy atom. The molecule has 18 heavy (non-hydrogen) atoms. The Morgan fingerprint density at radius 3 is 2.67 bits per heavy atom. The first-order chi connectivity index (χ1) is 8.43. The maximum atomic E-state index is 12.6. The molecule has 2 N–H and O–H groups in total. The lowest BCUT2D eigenvalue weighted by Gasteiger charge is -2.30. The first kappa shape index (κ1) is 13.4. The van der Waals surface area contributed by atoms with E-state index >= 15 is 0 Å². The molecule has 1 aliphatic rings. The van der Waals surface area contributed by atoms with Gasteiger partial charge in [-0.25, -0.2) is 0 Å². The molecule has 1 aromatic carbocycles. The van der Waals surface area contributed by atoms with Crippen LogP contribution in [0.3, 0.4) is 0 Å². The van der Waals surface area contributed by atoms with Gasteiger partial charge in [-0.1, -0.05) is 29.8 Å². The summed E-state index contributed by atoms with van der Waals surface area (Å²) < 4.78 is 0. The van der Waals surface area contributed by atoms with Crippen LogP contribution in [0.5, 0.6) is 0 Å². The van der Waals surface area contributed by atoms with E-state index < -0.39 is 5.41 Å². The van der Waals surface area contributed by atoms with Crippen molar-refractivity contribution in [1.29, 1.82) is 0 Å².